The van der Waals surface area contributed by atoms with E-state index in [4.69, 9.17) is 17.3 Å². The zero-order chi connectivity index (χ0) is 13.3. The Morgan fingerprint density at radius 1 is 1.11 bits per heavy atom. The zero-order valence-electron chi connectivity index (χ0n) is 8.98. The number of hydrogen-bond acceptors (Lipinski definition) is 2. The Morgan fingerprint density at radius 2 is 1.83 bits per heavy atom. The largest absolute Gasteiger partial charge is 0.397 e. The van der Waals surface area contributed by atoms with Gasteiger partial charge in [0.05, 0.1) is 25.7 Å². The SMILES string of the molecule is Nc1cc(I)c(F)cc1Nc1cc(F)ccc1Cl. The molecule has 0 aliphatic rings. The number of hydrogen-bond donors (Lipinski definition) is 2. The first-order chi connectivity index (χ1) is 8.47. The van der Waals surface area contributed by atoms with E-state index in [1.54, 1.807) is 0 Å². The topological polar surface area (TPSA) is 38.0 Å². The van der Waals surface area contributed by atoms with Crippen molar-refractivity contribution < 1.29 is 8.78 Å². The van der Waals surface area contributed by atoms with Crippen LogP contribution >= 0.6 is 34.2 Å². The van der Waals surface area contributed by atoms with E-state index >= 15 is 0 Å². The quantitative estimate of drug-likeness (QED) is 0.593. The lowest BCUT2D eigenvalue weighted by Gasteiger charge is -2.11. The molecule has 0 aromatic heterocycles. The van der Waals surface area contributed by atoms with Crippen molar-refractivity contribution in [3.05, 3.63) is 50.6 Å². The van der Waals surface area contributed by atoms with E-state index < -0.39 is 11.6 Å². The molecule has 0 saturated heterocycles. The Labute approximate surface area is 121 Å². The minimum atomic E-state index is -0.438. The van der Waals surface area contributed by atoms with Crippen molar-refractivity contribution >= 4 is 51.3 Å². The summed E-state index contributed by atoms with van der Waals surface area (Å²) in [6.45, 7) is 0. The highest BCUT2D eigenvalue weighted by atomic mass is 127. The molecule has 0 spiro atoms. The molecular weight excluding hydrogens is 372 g/mol. The van der Waals surface area contributed by atoms with Crippen molar-refractivity contribution in [2.24, 2.45) is 0 Å². The van der Waals surface area contributed by atoms with Gasteiger partial charge in [-0.05, 0) is 46.9 Å². The van der Waals surface area contributed by atoms with Crippen molar-refractivity contribution in [2.45, 2.75) is 0 Å². The van der Waals surface area contributed by atoms with Gasteiger partial charge in [-0.2, -0.15) is 0 Å². The summed E-state index contributed by atoms with van der Waals surface area (Å²) in [5.74, 6) is -0.841. The van der Waals surface area contributed by atoms with Crippen molar-refractivity contribution in [3.63, 3.8) is 0 Å². The van der Waals surface area contributed by atoms with Crippen LogP contribution in [-0.2, 0) is 0 Å². The molecule has 0 radical (unpaired) electrons. The molecule has 18 heavy (non-hydrogen) atoms. The van der Waals surface area contributed by atoms with Gasteiger partial charge >= 0.3 is 0 Å². The molecule has 2 rings (SSSR count). The fourth-order valence-electron chi connectivity index (χ4n) is 1.41. The number of nitrogens with one attached hydrogen (secondary N) is 1. The van der Waals surface area contributed by atoms with Crippen LogP contribution in [0.1, 0.15) is 0 Å². The molecule has 0 aliphatic carbocycles. The van der Waals surface area contributed by atoms with Crippen LogP contribution in [0.4, 0.5) is 25.8 Å². The standard InChI is InChI=1S/C12H8ClF2IN2/c13-7-2-1-6(14)3-11(7)18-12-4-8(15)9(16)5-10(12)17/h1-5,18H,17H2. The van der Waals surface area contributed by atoms with Gasteiger partial charge in [0.15, 0.2) is 0 Å². The number of benzene rings is 2. The molecule has 0 atom stereocenters. The van der Waals surface area contributed by atoms with E-state index in [2.05, 4.69) is 5.32 Å². The Balaban J connectivity index is 2.40. The molecular formula is C12H8ClF2IN2. The van der Waals surface area contributed by atoms with Gasteiger partial charge in [0.25, 0.3) is 0 Å². The van der Waals surface area contributed by atoms with Crippen molar-refractivity contribution in [1.29, 1.82) is 0 Å². The Kier molecular flexibility index (Phi) is 3.91. The van der Waals surface area contributed by atoms with E-state index in [1.807, 2.05) is 22.6 Å². The lowest BCUT2D eigenvalue weighted by atomic mass is 10.2. The lowest BCUT2D eigenvalue weighted by Crippen LogP contribution is -1.99. The van der Waals surface area contributed by atoms with Crippen LogP contribution in [0.3, 0.4) is 0 Å². The molecule has 94 valence electrons. The van der Waals surface area contributed by atoms with E-state index in [0.717, 1.165) is 0 Å². The van der Waals surface area contributed by atoms with Gasteiger partial charge in [0, 0.05) is 6.07 Å². The molecule has 0 amide bonds. The first-order valence-corrected chi connectivity index (χ1v) is 6.39. The molecule has 3 N–H and O–H groups in total. The Bertz CT molecular complexity index is 605. The smallest absolute Gasteiger partial charge is 0.138 e. The number of halogens is 4. The summed E-state index contributed by atoms with van der Waals surface area (Å²) in [7, 11) is 0. The Morgan fingerprint density at radius 3 is 2.56 bits per heavy atom. The predicted octanol–water partition coefficient (Wildman–Crippen LogP) is 4.55. The zero-order valence-corrected chi connectivity index (χ0v) is 11.9. The van der Waals surface area contributed by atoms with Crippen LogP contribution in [0.2, 0.25) is 5.02 Å². The number of anilines is 3. The minimum Gasteiger partial charge on any atom is -0.397 e. The van der Waals surface area contributed by atoms with Gasteiger partial charge in [-0.3, -0.25) is 0 Å². The maximum Gasteiger partial charge on any atom is 0.138 e. The molecule has 0 unspecified atom stereocenters. The van der Waals surface area contributed by atoms with Crippen LogP contribution in [0.5, 0.6) is 0 Å². The first-order valence-electron chi connectivity index (χ1n) is 4.94. The highest BCUT2D eigenvalue weighted by Gasteiger charge is 2.08. The third-order valence-corrected chi connectivity index (χ3v) is 3.45. The predicted molar refractivity (Wildman–Crippen MR) is 78.2 cm³/mol. The molecule has 2 nitrogen and oxygen atoms in total. The number of rotatable bonds is 2. The average Bonchev–Trinajstić information content (AvgIpc) is 2.30. The summed E-state index contributed by atoms with van der Waals surface area (Å²) in [6, 6.07) is 6.62. The molecule has 0 fully saturated rings. The normalized spacial score (nSPS) is 10.4. The fourth-order valence-corrected chi connectivity index (χ4v) is 2.06. The summed E-state index contributed by atoms with van der Waals surface area (Å²) < 4.78 is 26.9. The maximum atomic E-state index is 13.4. The summed E-state index contributed by atoms with van der Waals surface area (Å²) in [4.78, 5) is 0. The summed E-state index contributed by atoms with van der Waals surface area (Å²) in [5.41, 5.74) is 6.80. The molecule has 0 aliphatic heterocycles. The van der Waals surface area contributed by atoms with Crippen LogP contribution in [0.25, 0.3) is 0 Å². The van der Waals surface area contributed by atoms with Gasteiger partial charge in [-0.25, -0.2) is 8.78 Å². The van der Waals surface area contributed by atoms with E-state index in [1.165, 1.54) is 30.3 Å². The van der Waals surface area contributed by atoms with Crippen LogP contribution in [0, 0.1) is 15.2 Å². The maximum absolute atomic E-state index is 13.4. The van der Waals surface area contributed by atoms with Gasteiger partial charge < -0.3 is 11.1 Å². The van der Waals surface area contributed by atoms with Crippen LogP contribution in [0.15, 0.2) is 30.3 Å². The first kappa shape index (κ1) is 13.4. The minimum absolute atomic E-state index is 0.328. The second-order valence-electron chi connectivity index (χ2n) is 3.60. The van der Waals surface area contributed by atoms with Gasteiger partial charge in [-0.15, -0.1) is 0 Å². The van der Waals surface area contributed by atoms with Crippen LogP contribution < -0.4 is 11.1 Å². The van der Waals surface area contributed by atoms with Crippen molar-refractivity contribution in [1.82, 2.24) is 0 Å². The highest BCUT2D eigenvalue weighted by Crippen LogP contribution is 2.30. The average molecular weight is 381 g/mol. The highest BCUT2D eigenvalue weighted by molar-refractivity contribution is 14.1. The van der Waals surface area contributed by atoms with E-state index in [0.29, 0.717) is 25.7 Å². The van der Waals surface area contributed by atoms with Gasteiger partial charge in [0.1, 0.15) is 11.6 Å². The van der Waals surface area contributed by atoms with Gasteiger partial charge in [-0.1, -0.05) is 11.6 Å². The van der Waals surface area contributed by atoms with Crippen molar-refractivity contribution in [3.8, 4) is 0 Å². The lowest BCUT2D eigenvalue weighted by molar-refractivity contribution is 0.621. The van der Waals surface area contributed by atoms with E-state index in [-0.39, 0.29) is 0 Å². The molecule has 6 heteroatoms. The molecule has 0 heterocycles. The molecule has 0 bridgehead atoms. The van der Waals surface area contributed by atoms with Crippen molar-refractivity contribution in [2.75, 3.05) is 11.1 Å². The van der Waals surface area contributed by atoms with Crippen LogP contribution in [-0.4, -0.2) is 0 Å². The molecule has 0 saturated carbocycles. The third-order valence-electron chi connectivity index (χ3n) is 2.29. The summed E-state index contributed by atoms with van der Waals surface area (Å²) >= 11 is 7.75. The summed E-state index contributed by atoms with van der Waals surface area (Å²) in [5, 5.41) is 3.14. The fraction of sp³-hybridized carbons (Fsp3) is 0. The third kappa shape index (κ3) is 2.84. The van der Waals surface area contributed by atoms with E-state index in [9.17, 15) is 8.78 Å². The molecule has 2 aromatic rings. The second-order valence-corrected chi connectivity index (χ2v) is 5.17. The second kappa shape index (κ2) is 5.27. The Hall–Kier alpha value is -1.08. The number of nitrogens with two attached hydrogens (primary N) is 1. The van der Waals surface area contributed by atoms with Gasteiger partial charge in [0.2, 0.25) is 0 Å². The summed E-state index contributed by atoms with van der Waals surface area (Å²) in [6.07, 6.45) is 0. The monoisotopic (exact) mass is 380 g/mol. The number of nitrogen functional groups attached to an aromatic ring is 1. The molecule has 2 aromatic carbocycles.